The van der Waals surface area contributed by atoms with Crippen molar-refractivity contribution in [3.8, 4) is 5.69 Å². The molecule has 3 heterocycles. The molecule has 0 radical (unpaired) electrons. The maximum absolute atomic E-state index is 13.0. The van der Waals surface area contributed by atoms with Gasteiger partial charge in [0.15, 0.2) is 0 Å². The van der Waals surface area contributed by atoms with E-state index in [1.807, 2.05) is 51.7 Å². The predicted molar refractivity (Wildman–Crippen MR) is 103 cm³/mol. The lowest BCUT2D eigenvalue weighted by molar-refractivity contribution is -0.136. The minimum atomic E-state index is 0.0399. The third-order valence-electron chi connectivity index (χ3n) is 5.79. The number of benzene rings is 1. The van der Waals surface area contributed by atoms with Gasteiger partial charge in [0.2, 0.25) is 5.91 Å². The molecule has 0 saturated carbocycles. The Morgan fingerprint density at radius 1 is 1.07 bits per heavy atom. The van der Waals surface area contributed by atoms with Crippen LogP contribution in [0.25, 0.3) is 5.69 Å². The summed E-state index contributed by atoms with van der Waals surface area (Å²) in [6.45, 7) is 4.21. The number of aromatic nitrogens is 2. The molecule has 4 rings (SSSR count). The van der Waals surface area contributed by atoms with Crippen LogP contribution >= 0.6 is 0 Å². The van der Waals surface area contributed by atoms with Crippen molar-refractivity contribution in [1.29, 1.82) is 0 Å². The molecule has 2 fully saturated rings. The molecule has 0 N–H and O–H groups in total. The summed E-state index contributed by atoms with van der Waals surface area (Å²) in [6, 6.07) is 10.1. The van der Waals surface area contributed by atoms with Crippen molar-refractivity contribution in [2.75, 3.05) is 19.6 Å². The molecule has 2 aliphatic heterocycles. The molecule has 0 unspecified atom stereocenters. The first-order valence-electron chi connectivity index (χ1n) is 9.84. The molecule has 0 spiro atoms. The van der Waals surface area contributed by atoms with E-state index in [0.717, 1.165) is 43.6 Å². The van der Waals surface area contributed by atoms with Crippen LogP contribution < -0.4 is 0 Å². The van der Waals surface area contributed by atoms with Crippen molar-refractivity contribution >= 4 is 11.8 Å². The van der Waals surface area contributed by atoms with E-state index in [0.29, 0.717) is 25.1 Å². The van der Waals surface area contributed by atoms with Gasteiger partial charge in [0.25, 0.3) is 5.91 Å². The van der Waals surface area contributed by atoms with Gasteiger partial charge in [-0.1, -0.05) is 18.2 Å². The van der Waals surface area contributed by atoms with Crippen molar-refractivity contribution < 1.29 is 9.59 Å². The molecule has 0 aliphatic carbocycles. The Morgan fingerprint density at radius 3 is 2.52 bits per heavy atom. The van der Waals surface area contributed by atoms with Gasteiger partial charge in [0, 0.05) is 32.1 Å². The van der Waals surface area contributed by atoms with Gasteiger partial charge >= 0.3 is 0 Å². The van der Waals surface area contributed by atoms with Crippen LogP contribution in [-0.2, 0) is 4.79 Å². The molecule has 2 saturated heterocycles. The minimum absolute atomic E-state index is 0.0399. The van der Waals surface area contributed by atoms with E-state index in [4.69, 9.17) is 0 Å². The zero-order valence-electron chi connectivity index (χ0n) is 15.8. The van der Waals surface area contributed by atoms with Gasteiger partial charge in [-0.3, -0.25) is 9.59 Å². The maximum Gasteiger partial charge on any atom is 0.257 e. The molecule has 2 amide bonds. The SMILES string of the molecule is Cc1c(C(=O)N2CCC(N3CCCCC3=O)CC2)cnn1-c1ccccc1. The average Bonchev–Trinajstić information content (AvgIpc) is 3.10. The first-order chi connectivity index (χ1) is 13.1. The number of rotatable bonds is 3. The maximum atomic E-state index is 13.0. The number of hydrogen-bond acceptors (Lipinski definition) is 3. The number of amides is 2. The van der Waals surface area contributed by atoms with Crippen LogP contribution in [0.4, 0.5) is 0 Å². The highest BCUT2D eigenvalue weighted by atomic mass is 16.2. The van der Waals surface area contributed by atoms with Crippen LogP contribution in [0, 0.1) is 6.92 Å². The molecule has 142 valence electrons. The van der Waals surface area contributed by atoms with E-state index in [1.165, 1.54) is 0 Å². The molecule has 6 nitrogen and oxygen atoms in total. The largest absolute Gasteiger partial charge is 0.340 e. The molecule has 27 heavy (non-hydrogen) atoms. The van der Waals surface area contributed by atoms with E-state index >= 15 is 0 Å². The molecule has 2 aliphatic rings. The Labute approximate surface area is 159 Å². The molecule has 1 aromatic carbocycles. The average molecular weight is 366 g/mol. The summed E-state index contributed by atoms with van der Waals surface area (Å²) in [5.41, 5.74) is 2.47. The van der Waals surface area contributed by atoms with Crippen molar-refractivity contribution in [2.24, 2.45) is 0 Å². The van der Waals surface area contributed by atoms with Gasteiger partial charge in [0.1, 0.15) is 0 Å². The minimum Gasteiger partial charge on any atom is -0.340 e. The van der Waals surface area contributed by atoms with Gasteiger partial charge in [0.05, 0.1) is 23.1 Å². The fourth-order valence-corrected chi connectivity index (χ4v) is 4.21. The zero-order valence-corrected chi connectivity index (χ0v) is 15.8. The molecule has 1 aromatic heterocycles. The first-order valence-corrected chi connectivity index (χ1v) is 9.84. The van der Waals surface area contributed by atoms with Gasteiger partial charge in [-0.05, 0) is 44.7 Å². The second-order valence-corrected chi connectivity index (χ2v) is 7.46. The lowest BCUT2D eigenvalue weighted by Crippen LogP contribution is -2.50. The van der Waals surface area contributed by atoms with E-state index < -0.39 is 0 Å². The van der Waals surface area contributed by atoms with Crippen molar-refractivity contribution in [1.82, 2.24) is 19.6 Å². The number of carbonyl (C=O) groups excluding carboxylic acids is 2. The summed E-state index contributed by atoms with van der Waals surface area (Å²) in [7, 11) is 0. The highest BCUT2D eigenvalue weighted by molar-refractivity contribution is 5.95. The van der Waals surface area contributed by atoms with E-state index in [-0.39, 0.29) is 17.9 Å². The fraction of sp³-hybridized carbons (Fsp3) is 0.476. The highest BCUT2D eigenvalue weighted by Crippen LogP contribution is 2.23. The molecule has 6 heteroatoms. The predicted octanol–water partition coefficient (Wildman–Crippen LogP) is 2.80. The van der Waals surface area contributed by atoms with Gasteiger partial charge < -0.3 is 9.80 Å². The summed E-state index contributed by atoms with van der Waals surface area (Å²) in [5.74, 6) is 0.323. The summed E-state index contributed by atoms with van der Waals surface area (Å²) in [4.78, 5) is 29.1. The normalized spacial score (nSPS) is 18.8. The summed E-state index contributed by atoms with van der Waals surface area (Å²) in [5, 5.41) is 4.42. The second-order valence-electron chi connectivity index (χ2n) is 7.46. The van der Waals surface area contributed by atoms with Crippen LogP contribution in [0.5, 0.6) is 0 Å². The number of carbonyl (C=O) groups is 2. The van der Waals surface area contributed by atoms with Crippen molar-refractivity contribution in [3.05, 3.63) is 47.8 Å². The highest BCUT2D eigenvalue weighted by Gasteiger charge is 2.31. The fourth-order valence-electron chi connectivity index (χ4n) is 4.21. The lowest BCUT2D eigenvalue weighted by atomic mass is 9.99. The Hall–Kier alpha value is -2.63. The van der Waals surface area contributed by atoms with Crippen molar-refractivity contribution in [2.45, 2.75) is 45.1 Å². The number of likely N-dealkylation sites (tertiary alicyclic amines) is 2. The van der Waals surface area contributed by atoms with Crippen LogP contribution in [-0.4, -0.2) is 57.1 Å². The number of piperidine rings is 2. The molecule has 0 atom stereocenters. The van der Waals surface area contributed by atoms with Crippen LogP contribution in [0.3, 0.4) is 0 Å². The van der Waals surface area contributed by atoms with Crippen LogP contribution in [0.1, 0.15) is 48.2 Å². The van der Waals surface area contributed by atoms with Gasteiger partial charge in [-0.25, -0.2) is 4.68 Å². The molecular weight excluding hydrogens is 340 g/mol. The summed E-state index contributed by atoms with van der Waals surface area (Å²) >= 11 is 0. The Balaban J connectivity index is 1.43. The van der Waals surface area contributed by atoms with Gasteiger partial charge in [-0.2, -0.15) is 5.10 Å². The third kappa shape index (κ3) is 3.48. The summed E-state index contributed by atoms with van der Waals surface area (Å²) < 4.78 is 1.81. The molecule has 0 bridgehead atoms. The molecule has 2 aromatic rings. The van der Waals surface area contributed by atoms with Crippen molar-refractivity contribution in [3.63, 3.8) is 0 Å². The zero-order chi connectivity index (χ0) is 18.8. The van der Waals surface area contributed by atoms with Crippen LogP contribution in [0.15, 0.2) is 36.5 Å². The second kappa shape index (κ2) is 7.55. The van der Waals surface area contributed by atoms with E-state index in [9.17, 15) is 9.59 Å². The standard InChI is InChI=1S/C21H26N4O2/c1-16-19(15-22-25(16)18-7-3-2-4-8-18)21(27)23-13-10-17(11-14-23)24-12-6-5-9-20(24)26/h2-4,7-8,15,17H,5-6,9-14H2,1H3. The summed E-state index contributed by atoms with van der Waals surface area (Å²) in [6.07, 6.45) is 6.19. The Kier molecular flexibility index (Phi) is 4.97. The number of hydrogen-bond donors (Lipinski definition) is 0. The lowest BCUT2D eigenvalue weighted by Gasteiger charge is -2.40. The van der Waals surface area contributed by atoms with E-state index in [2.05, 4.69) is 5.10 Å². The topological polar surface area (TPSA) is 58.4 Å². The molecular formula is C21H26N4O2. The van der Waals surface area contributed by atoms with Crippen LogP contribution in [0.2, 0.25) is 0 Å². The first kappa shape index (κ1) is 17.8. The Bertz CT molecular complexity index is 822. The third-order valence-corrected chi connectivity index (χ3v) is 5.79. The Morgan fingerprint density at radius 2 is 1.81 bits per heavy atom. The number of para-hydroxylation sites is 1. The smallest absolute Gasteiger partial charge is 0.257 e. The quantitative estimate of drug-likeness (QED) is 0.839. The van der Waals surface area contributed by atoms with Gasteiger partial charge in [-0.15, -0.1) is 0 Å². The van der Waals surface area contributed by atoms with E-state index in [1.54, 1.807) is 6.20 Å². The number of nitrogens with zero attached hydrogens (tertiary/aromatic N) is 4. The monoisotopic (exact) mass is 366 g/mol.